The maximum atomic E-state index is 7.71. The summed E-state index contributed by atoms with van der Waals surface area (Å²) in [6, 6.07) is 7.22. The van der Waals surface area contributed by atoms with Crippen molar-refractivity contribution < 1.29 is 4.42 Å². The van der Waals surface area contributed by atoms with Gasteiger partial charge in [-0.2, -0.15) is 4.98 Å². The van der Waals surface area contributed by atoms with Crippen molar-refractivity contribution in [2.45, 2.75) is 6.92 Å². The van der Waals surface area contributed by atoms with Gasteiger partial charge < -0.3 is 25.8 Å². The Morgan fingerprint density at radius 2 is 2.20 bits per heavy atom. The molecule has 2 aromatic heterocycles. The van der Waals surface area contributed by atoms with E-state index in [0.29, 0.717) is 46.4 Å². The summed E-state index contributed by atoms with van der Waals surface area (Å²) in [5.41, 5.74) is 9.77. The zero-order valence-corrected chi connectivity index (χ0v) is 14.2. The summed E-state index contributed by atoms with van der Waals surface area (Å²) in [6.45, 7) is 6.09. The second-order valence-corrected chi connectivity index (χ2v) is 5.73. The van der Waals surface area contributed by atoms with Crippen LogP contribution >= 0.6 is 0 Å². The molecule has 0 aliphatic heterocycles. The number of nitrogen functional groups attached to an aromatic ring is 1. The lowest BCUT2D eigenvalue weighted by atomic mass is 10.1. The standard InChI is InChI=1S/C18H20N6O/c1-4-8-24(3)17-16-15(7-9-25-16)22-18(23-17)21-12-5-6-13(11(2)19)14(20)10-12/h4-7,9-10,19H,1,8,20H2,2-3H3,(H,21,22,23). The second kappa shape index (κ2) is 6.64. The van der Waals surface area contributed by atoms with E-state index in [9.17, 15) is 0 Å². The zero-order valence-electron chi connectivity index (χ0n) is 14.2. The minimum Gasteiger partial charge on any atom is -0.459 e. The molecular weight excluding hydrogens is 316 g/mol. The van der Waals surface area contributed by atoms with Crippen LogP contribution in [0.15, 0.2) is 47.6 Å². The molecule has 0 spiro atoms. The van der Waals surface area contributed by atoms with Crippen LogP contribution in [-0.2, 0) is 0 Å². The van der Waals surface area contributed by atoms with Gasteiger partial charge in [-0.1, -0.05) is 6.08 Å². The van der Waals surface area contributed by atoms with E-state index in [-0.39, 0.29) is 0 Å². The third-order valence-electron chi connectivity index (χ3n) is 3.76. The molecule has 25 heavy (non-hydrogen) atoms. The van der Waals surface area contributed by atoms with Crippen LogP contribution in [0.1, 0.15) is 12.5 Å². The number of nitrogens with one attached hydrogen (secondary N) is 2. The minimum absolute atomic E-state index is 0.424. The fraction of sp³-hybridized carbons (Fsp3) is 0.167. The van der Waals surface area contributed by atoms with Gasteiger partial charge in [0, 0.05) is 42.3 Å². The molecule has 3 rings (SSSR count). The predicted octanol–water partition coefficient (Wildman–Crippen LogP) is 3.56. The normalized spacial score (nSPS) is 10.6. The number of fused-ring (bicyclic) bond motifs is 1. The SMILES string of the molecule is C=CCN(C)c1nc(Nc2ccc(C(C)=N)c(N)c2)nc2ccoc12. The smallest absolute Gasteiger partial charge is 0.229 e. The van der Waals surface area contributed by atoms with E-state index in [1.54, 1.807) is 37.5 Å². The molecule has 0 bridgehead atoms. The lowest BCUT2D eigenvalue weighted by molar-refractivity contribution is 0.612. The first-order valence-electron chi connectivity index (χ1n) is 7.79. The van der Waals surface area contributed by atoms with Gasteiger partial charge in [-0.25, -0.2) is 4.98 Å². The van der Waals surface area contributed by atoms with E-state index in [0.717, 1.165) is 5.69 Å². The van der Waals surface area contributed by atoms with Gasteiger partial charge >= 0.3 is 0 Å². The average molecular weight is 336 g/mol. The largest absolute Gasteiger partial charge is 0.459 e. The Bertz CT molecular complexity index is 946. The third-order valence-corrected chi connectivity index (χ3v) is 3.76. The zero-order chi connectivity index (χ0) is 18.0. The Kier molecular flexibility index (Phi) is 4.38. The maximum absolute atomic E-state index is 7.71. The fourth-order valence-electron chi connectivity index (χ4n) is 2.55. The Balaban J connectivity index is 1.97. The Morgan fingerprint density at radius 3 is 2.88 bits per heavy atom. The van der Waals surface area contributed by atoms with Crippen molar-refractivity contribution in [2.24, 2.45) is 0 Å². The van der Waals surface area contributed by atoms with E-state index >= 15 is 0 Å². The average Bonchev–Trinajstić information content (AvgIpc) is 3.02. The molecule has 1 aromatic carbocycles. The van der Waals surface area contributed by atoms with Gasteiger partial charge in [0.15, 0.2) is 11.4 Å². The summed E-state index contributed by atoms with van der Waals surface area (Å²) in [7, 11) is 1.91. The Labute approximate surface area is 145 Å². The van der Waals surface area contributed by atoms with E-state index in [1.807, 2.05) is 18.0 Å². The molecule has 0 amide bonds. The van der Waals surface area contributed by atoms with Crippen LogP contribution in [0.2, 0.25) is 0 Å². The molecule has 4 N–H and O–H groups in total. The van der Waals surface area contributed by atoms with Crippen LogP contribution in [0.4, 0.5) is 23.1 Å². The minimum atomic E-state index is 0.424. The Hall–Kier alpha value is -3.35. The van der Waals surface area contributed by atoms with Gasteiger partial charge in [-0.15, -0.1) is 6.58 Å². The van der Waals surface area contributed by atoms with Crippen molar-refractivity contribution in [1.29, 1.82) is 5.41 Å². The molecule has 0 unspecified atom stereocenters. The molecule has 0 aliphatic carbocycles. The second-order valence-electron chi connectivity index (χ2n) is 5.73. The number of hydrogen-bond donors (Lipinski definition) is 3. The van der Waals surface area contributed by atoms with Gasteiger partial charge in [-0.3, -0.25) is 0 Å². The molecule has 0 aliphatic rings. The summed E-state index contributed by atoms with van der Waals surface area (Å²) < 4.78 is 5.51. The molecule has 0 saturated heterocycles. The first-order valence-corrected chi connectivity index (χ1v) is 7.79. The van der Waals surface area contributed by atoms with Crippen molar-refractivity contribution in [3.8, 4) is 0 Å². The molecule has 7 heteroatoms. The number of likely N-dealkylation sites (N-methyl/N-ethyl adjacent to an activating group) is 1. The fourth-order valence-corrected chi connectivity index (χ4v) is 2.55. The van der Waals surface area contributed by atoms with Gasteiger partial charge in [0.25, 0.3) is 0 Å². The lowest BCUT2D eigenvalue weighted by Gasteiger charge is -2.17. The number of nitrogens with zero attached hydrogens (tertiary/aromatic N) is 3. The van der Waals surface area contributed by atoms with Crippen LogP contribution in [0.25, 0.3) is 11.1 Å². The monoisotopic (exact) mass is 336 g/mol. The molecule has 7 nitrogen and oxygen atoms in total. The summed E-state index contributed by atoms with van der Waals surface area (Å²) in [6.07, 6.45) is 3.39. The number of rotatable bonds is 6. The third kappa shape index (κ3) is 3.30. The number of nitrogens with two attached hydrogens (primary N) is 1. The predicted molar refractivity (Wildman–Crippen MR) is 102 cm³/mol. The number of furan rings is 1. The van der Waals surface area contributed by atoms with Crippen molar-refractivity contribution in [3.63, 3.8) is 0 Å². The van der Waals surface area contributed by atoms with Crippen LogP contribution < -0.4 is 16.0 Å². The van der Waals surface area contributed by atoms with E-state index in [1.165, 1.54) is 0 Å². The number of aromatic nitrogens is 2. The molecule has 3 aromatic rings. The van der Waals surface area contributed by atoms with Crippen LogP contribution in [0.3, 0.4) is 0 Å². The molecule has 128 valence electrons. The highest BCUT2D eigenvalue weighted by molar-refractivity contribution is 6.01. The summed E-state index contributed by atoms with van der Waals surface area (Å²) in [4.78, 5) is 11.0. The number of anilines is 4. The van der Waals surface area contributed by atoms with E-state index < -0.39 is 0 Å². The molecular formula is C18H20N6O. The highest BCUT2D eigenvalue weighted by atomic mass is 16.3. The first-order chi connectivity index (χ1) is 12.0. The first kappa shape index (κ1) is 16.5. The lowest BCUT2D eigenvalue weighted by Crippen LogP contribution is -2.19. The van der Waals surface area contributed by atoms with Gasteiger partial charge in [-0.05, 0) is 25.1 Å². The highest BCUT2D eigenvalue weighted by Crippen LogP contribution is 2.27. The molecule has 0 fully saturated rings. The molecule has 0 atom stereocenters. The van der Waals surface area contributed by atoms with Gasteiger partial charge in [0.2, 0.25) is 5.95 Å². The van der Waals surface area contributed by atoms with Gasteiger partial charge in [0.1, 0.15) is 5.52 Å². The summed E-state index contributed by atoms with van der Waals surface area (Å²) >= 11 is 0. The van der Waals surface area contributed by atoms with E-state index in [2.05, 4.69) is 21.9 Å². The summed E-state index contributed by atoms with van der Waals surface area (Å²) in [5.74, 6) is 1.12. The van der Waals surface area contributed by atoms with Crippen LogP contribution in [-0.4, -0.2) is 29.3 Å². The molecule has 0 saturated carbocycles. The number of hydrogen-bond acceptors (Lipinski definition) is 7. The number of benzene rings is 1. The van der Waals surface area contributed by atoms with Crippen molar-refractivity contribution in [2.75, 3.05) is 29.5 Å². The Morgan fingerprint density at radius 1 is 1.40 bits per heavy atom. The topological polar surface area (TPSA) is 104 Å². The van der Waals surface area contributed by atoms with Crippen molar-refractivity contribution >= 4 is 40.0 Å². The highest BCUT2D eigenvalue weighted by Gasteiger charge is 2.14. The van der Waals surface area contributed by atoms with Crippen LogP contribution in [0, 0.1) is 5.41 Å². The quantitative estimate of drug-likeness (QED) is 0.361. The maximum Gasteiger partial charge on any atom is 0.229 e. The molecule has 2 heterocycles. The van der Waals surface area contributed by atoms with Crippen molar-refractivity contribution in [1.82, 2.24) is 9.97 Å². The summed E-state index contributed by atoms with van der Waals surface area (Å²) in [5, 5.41) is 10.9. The van der Waals surface area contributed by atoms with Crippen molar-refractivity contribution in [3.05, 3.63) is 48.7 Å². The van der Waals surface area contributed by atoms with Gasteiger partial charge in [0.05, 0.1) is 6.26 Å². The van der Waals surface area contributed by atoms with E-state index in [4.69, 9.17) is 15.6 Å². The molecule has 0 radical (unpaired) electrons. The van der Waals surface area contributed by atoms with Crippen LogP contribution in [0.5, 0.6) is 0 Å².